The summed E-state index contributed by atoms with van der Waals surface area (Å²) in [6.07, 6.45) is 4.29. The van der Waals surface area contributed by atoms with E-state index in [1.165, 1.54) is 9.80 Å². The number of hydrogen-bond acceptors (Lipinski definition) is 3. The summed E-state index contributed by atoms with van der Waals surface area (Å²) in [5.41, 5.74) is 2.21. The van der Waals surface area contributed by atoms with Crippen LogP contribution in [0.5, 0.6) is 0 Å². The van der Waals surface area contributed by atoms with Crippen LogP contribution < -0.4 is 15.1 Å². The van der Waals surface area contributed by atoms with Crippen LogP contribution in [0.1, 0.15) is 31.2 Å². The molecule has 7 nitrogen and oxygen atoms in total. The number of fused-ring (bicyclic) bond motifs is 1. The molecule has 2 heterocycles. The van der Waals surface area contributed by atoms with Crippen molar-refractivity contribution in [1.82, 2.24) is 10.2 Å². The standard InChI is InChI=1S/C24H28N4O3/c29-22(26-14-8-1-2-9-15-26)17-27-20-12-6-7-13-21(20)28(18-23(27)30)24(31)25-16-19-10-4-3-5-11-19/h3-7,10-13H,1-2,8-9,14-18H2,(H,25,31). The van der Waals surface area contributed by atoms with Gasteiger partial charge in [0, 0.05) is 19.6 Å². The zero-order valence-corrected chi connectivity index (χ0v) is 17.6. The average Bonchev–Trinajstić information content (AvgIpc) is 3.09. The lowest BCUT2D eigenvalue weighted by molar-refractivity contribution is -0.131. The second-order valence-corrected chi connectivity index (χ2v) is 7.99. The summed E-state index contributed by atoms with van der Waals surface area (Å²) in [6, 6.07) is 16.6. The molecule has 0 spiro atoms. The Morgan fingerprint density at radius 1 is 0.839 bits per heavy atom. The van der Waals surface area contributed by atoms with E-state index in [4.69, 9.17) is 0 Å². The Morgan fingerprint density at radius 3 is 2.19 bits per heavy atom. The molecule has 1 N–H and O–H groups in total. The first kappa shape index (κ1) is 20.9. The molecule has 0 aromatic heterocycles. The number of rotatable bonds is 4. The van der Waals surface area contributed by atoms with Crippen molar-refractivity contribution >= 4 is 29.2 Å². The molecular weight excluding hydrogens is 392 g/mol. The van der Waals surface area contributed by atoms with Gasteiger partial charge in [0.1, 0.15) is 13.1 Å². The first-order valence-corrected chi connectivity index (χ1v) is 10.9. The summed E-state index contributed by atoms with van der Waals surface area (Å²) in [4.78, 5) is 43.5. The van der Waals surface area contributed by atoms with Crippen molar-refractivity contribution in [1.29, 1.82) is 0 Å². The maximum absolute atomic E-state index is 13.0. The smallest absolute Gasteiger partial charge is 0.322 e. The van der Waals surface area contributed by atoms with E-state index in [9.17, 15) is 14.4 Å². The third-order valence-corrected chi connectivity index (χ3v) is 5.84. The van der Waals surface area contributed by atoms with E-state index >= 15 is 0 Å². The van der Waals surface area contributed by atoms with Crippen molar-refractivity contribution in [3.63, 3.8) is 0 Å². The van der Waals surface area contributed by atoms with Crippen molar-refractivity contribution in [2.45, 2.75) is 32.2 Å². The van der Waals surface area contributed by atoms with Gasteiger partial charge in [-0.1, -0.05) is 55.3 Å². The van der Waals surface area contributed by atoms with Crippen LogP contribution in [0.2, 0.25) is 0 Å². The summed E-state index contributed by atoms with van der Waals surface area (Å²) in [6.45, 7) is 1.79. The Hall–Kier alpha value is -3.35. The lowest BCUT2D eigenvalue weighted by atomic mass is 10.1. The number of nitrogens with zero attached hydrogens (tertiary/aromatic N) is 3. The fourth-order valence-corrected chi connectivity index (χ4v) is 4.14. The van der Waals surface area contributed by atoms with Gasteiger partial charge in [-0.25, -0.2) is 4.79 Å². The third kappa shape index (κ3) is 4.87. The zero-order chi connectivity index (χ0) is 21.6. The maximum Gasteiger partial charge on any atom is 0.322 e. The van der Waals surface area contributed by atoms with Gasteiger partial charge in [0.05, 0.1) is 11.4 Å². The highest BCUT2D eigenvalue weighted by Gasteiger charge is 2.34. The van der Waals surface area contributed by atoms with E-state index in [0.717, 1.165) is 44.3 Å². The molecular formula is C24H28N4O3. The normalized spacial score (nSPS) is 16.5. The lowest BCUT2D eigenvalue weighted by Gasteiger charge is -2.36. The summed E-state index contributed by atoms with van der Waals surface area (Å²) in [5.74, 6) is -0.288. The number of urea groups is 1. The molecule has 4 amide bonds. The van der Waals surface area contributed by atoms with E-state index in [0.29, 0.717) is 17.9 Å². The van der Waals surface area contributed by atoms with Gasteiger partial charge in [-0.05, 0) is 30.5 Å². The molecule has 2 aromatic carbocycles. The molecule has 0 saturated carbocycles. The topological polar surface area (TPSA) is 73.0 Å². The van der Waals surface area contributed by atoms with Gasteiger partial charge in [0.15, 0.2) is 0 Å². The van der Waals surface area contributed by atoms with Gasteiger partial charge in [-0.15, -0.1) is 0 Å². The number of benzene rings is 2. The molecule has 162 valence electrons. The summed E-state index contributed by atoms with van der Waals surface area (Å²) in [7, 11) is 0. The summed E-state index contributed by atoms with van der Waals surface area (Å²) in [5, 5.41) is 2.89. The molecule has 4 rings (SSSR count). The van der Waals surface area contributed by atoms with Crippen molar-refractivity contribution in [2.75, 3.05) is 36.0 Å². The molecule has 31 heavy (non-hydrogen) atoms. The Morgan fingerprint density at radius 2 is 1.48 bits per heavy atom. The SMILES string of the molecule is O=C(CN1C(=O)CN(C(=O)NCc2ccccc2)c2ccccc21)N1CCCCCC1. The second kappa shape index (κ2) is 9.64. The van der Waals surface area contributed by atoms with Crippen molar-refractivity contribution in [3.05, 3.63) is 60.2 Å². The van der Waals surface area contributed by atoms with Crippen LogP contribution in [0.3, 0.4) is 0 Å². The van der Waals surface area contributed by atoms with Crippen molar-refractivity contribution < 1.29 is 14.4 Å². The fraction of sp³-hybridized carbons (Fsp3) is 0.375. The molecule has 2 aliphatic rings. The van der Waals surface area contributed by atoms with Crippen molar-refractivity contribution in [3.8, 4) is 0 Å². The minimum Gasteiger partial charge on any atom is -0.341 e. The van der Waals surface area contributed by atoms with Gasteiger partial charge in [-0.3, -0.25) is 19.4 Å². The number of hydrogen-bond donors (Lipinski definition) is 1. The first-order valence-electron chi connectivity index (χ1n) is 10.9. The second-order valence-electron chi connectivity index (χ2n) is 7.99. The predicted octanol–water partition coefficient (Wildman–Crippen LogP) is 3.15. The maximum atomic E-state index is 13.0. The van der Waals surface area contributed by atoms with Crippen LogP contribution >= 0.6 is 0 Å². The third-order valence-electron chi connectivity index (χ3n) is 5.84. The minimum absolute atomic E-state index is 0.00925. The first-order chi connectivity index (χ1) is 15.1. The Balaban J connectivity index is 1.48. The molecule has 0 atom stereocenters. The quantitative estimate of drug-likeness (QED) is 0.826. The molecule has 7 heteroatoms. The van der Waals surface area contributed by atoms with E-state index in [2.05, 4.69) is 5.32 Å². The number of carbonyl (C=O) groups is 3. The Labute approximate surface area is 182 Å². The van der Waals surface area contributed by atoms with E-state index < -0.39 is 0 Å². The number of nitrogens with one attached hydrogen (secondary N) is 1. The average molecular weight is 421 g/mol. The number of carbonyl (C=O) groups excluding carboxylic acids is 3. The van der Waals surface area contributed by atoms with Gasteiger partial charge in [0.2, 0.25) is 11.8 Å². The monoisotopic (exact) mass is 420 g/mol. The molecule has 0 radical (unpaired) electrons. The molecule has 0 aliphatic carbocycles. The largest absolute Gasteiger partial charge is 0.341 e. The minimum atomic E-state index is -0.330. The van der Waals surface area contributed by atoms with E-state index in [1.807, 2.05) is 53.4 Å². The molecule has 2 aromatic rings. The summed E-state index contributed by atoms with van der Waals surface area (Å²) < 4.78 is 0. The molecule has 1 saturated heterocycles. The molecule has 1 fully saturated rings. The zero-order valence-electron chi connectivity index (χ0n) is 17.6. The van der Waals surface area contributed by atoms with Gasteiger partial charge in [0.25, 0.3) is 0 Å². The highest BCUT2D eigenvalue weighted by atomic mass is 16.2. The van der Waals surface area contributed by atoms with Gasteiger partial charge < -0.3 is 10.2 Å². The van der Waals surface area contributed by atoms with E-state index in [1.54, 1.807) is 6.07 Å². The molecule has 0 unspecified atom stereocenters. The van der Waals surface area contributed by atoms with Crippen LogP contribution in [0.25, 0.3) is 0 Å². The molecule has 0 bridgehead atoms. The highest BCUT2D eigenvalue weighted by Crippen LogP contribution is 2.33. The van der Waals surface area contributed by atoms with Crippen LogP contribution in [-0.2, 0) is 16.1 Å². The Kier molecular flexibility index (Phi) is 6.50. The lowest BCUT2D eigenvalue weighted by Crippen LogP contribution is -2.53. The summed E-state index contributed by atoms with van der Waals surface area (Å²) >= 11 is 0. The predicted molar refractivity (Wildman–Crippen MR) is 120 cm³/mol. The van der Waals surface area contributed by atoms with Crippen LogP contribution in [0, 0.1) is 0 Å². The highest BCUT2D eigenvalue weighted by molar-refractivity contribution is 6.12. The number of anilines is 2. The Bertz CT molecular complexity index is 939. The van der Waals surface area contributed by atoms with Crippen LogP contribution in [0.15, 0.2) is 54.6 Å². The number of amides is 4. The number of para-hydroxylation sites is 2. The van der Waals surface area contributed by atoms with Crippen LogP contribution in [0.4, 0.5) is 16.2 Å². The van der Waals surface area contributed by atoms with Gasteiger partial charge >= 0.3 is 6.03 Å². The fourth-order valence-electron chi connectivity index (χ4n) is 4.14. The van der Waals surface area contributed by atoms with Crippen molar-refractivity contribution in [2.24, 2.45) is 0 Å². The van der Waals surface area contributed by atoms with E-state index in [-0.39, 0.29) is 30.9 Å². The molecule has 2 aliphatic heterocycles. The van der Waals surface area contributed by atoms with Crippen LogP contribution in [-0.4, -0.2) is 48.9 Å². The number of likely N-dealkylation sites (tertiary alicyclic amines) is 1. The van der Waals surface area contributed by atoms with Gasteiger partial charge in [-0.2, -0.15) is 0 Å².